The molecule has 2 rings (SSSR count). The molecule has 96 valence electrons. The molecule has 0 fully saturated rings. The monoisotopic (exact) mass is 279 g/mol. The molecule has 4 heteroatoms. The maximum atomic E-state index is 5.74. The Morgan fingerprint density at radius 2 is 2.28 bits per heavy atom. The van der Waals surface area contributed by atoms with E-state index < -0.39 is 0 Å². The molecule has 1 aromatic carbocycles. The second kappa shape index (κ2) is 6.81. The highest BCUT2D eigenvalue weighted by molar-refractivity contribution is 7.79. The van der Waals surface area contributed by atoms with Gasteiger partial charge in [-0.1, -0.05) is 19.1 Å². The molecule has 0 unspecified atom stereocenters. The Labute approximate surface area is 117 Å². The van der Waals surface area contributed by atoms with Crippen LogP contribution in [0.25, 0.3) is 0 Å². The predicted octanol–water partition coefficient (Wildman–Crippen LogP) is 3.76. The van der Waals surface area contributed by atoms with Crippen molar-refractivity contribution < 1.29 is 4.74 Å². The van der Waals surface area contributed by atoms with Gasteiger partial charge in [0.05, 0.1) is 11.6 Å². The van der Waals surface area contributed by atoms with Crippen molar-refractivity contribution in [1.29, 1.82) is 0 Å². The van der Waals surface area contributed by atoms with E-state index in [2.05, 4.69) is 36.7 Å². The lowest BCUT2D eigenvalue weighted by atomic mass is 10.2. The van der Waals surface area contributed by atoms with Crippen LogP contribution in [0.5, 0.6) is 5.75 Å². The Hall–Kier alpha value is -1.000. The highest BCUT2D eigenvalue weighted by atomic mass is 32.1. The van der Waals surface area contributed by atoms with Crippen molar-refractivity contribution in [2.75, 3.05) is 6.61 Å². The molecule has 18 heavy (non-hydrogen) atoms. The molecular weight excluding hydrogens is 262 g/mol. The summed E-state index contributed by atoms with van der Waals surface area (Å²) in [6.45, 7) is 2.82. The number of hydrogen-bond donors (Lipinski definition) is 1. The van der Waals surface area contributed by atoms with Gasteiger partial charge in [0, 0.05) is 23.2 Å². The second-order valence-electron chi connectivity index (χ2n) is 3.98. The lowest BCUT2D eigenvalue weighted by Gasteiger charge is -2.06. The van der Waals surface area contributed by atoms with E-state index in [4.69, 9.17) is 4.74 Å². The molecule has 0 N–H and O–H groups in total. The van der Waals surface area contributed by atoms with Gasteiger partial charge >= 0.3 is 0 Å². The highest BCUT2D eigenvalue weighted by Gasteiger charge is 2.01. The van der Waals surface area contributed by atoms with Crippen molar-refractivity contribution >= 4 is 24.0 Å². The molecule has 0 aliphatic rings. The van der Waals surface area contributed by atoms with E-state index in [9.17, 15) is 0 Å². The Kier molecular flexibility index (Phi) is 5.08. The summed E-state index contributed by atoms with van der Waals surface area (Å²) in [7, 11) is 0. The van der Waals surface area contributed by atoms with Gasteiger partial charge in [0.1, 0.15) is 5.75 Å². The number of hydrogen-bond acceptors (Lipinski definition) is 4. The molecular formula is C14H17NOS2. The van der Waals surface area contributed by atoms with Crippen LogP contribution >= 0.6 is 24.0 Å². The third-order valence-corrected chi connectivity index (χ3v) is 4.26. The first-order valence-electron chi connectivity index (χ1n) is 6.08. The zero-order valence-corrected chi connectivity index (χ0v) is 12.1. The van der Waals surface area contributed by atoms with E-state index in [0.717, 1.165) is 29.4 Å². The van der Waals surface area contributed by atoms with Gasteiger partial charge in [-0.2, -0.15) is 12.6 Å². The van der Waals surface area contributed by atoms with Gasteiger partial charge in [0.15, 0.2) is 0 Å². The Balaban J connectivity index is 1.84. The van der Waals surface area contributed by atoms with Gasteiger partial charge in [-0.05, 0) is 24.1 Å². The fourth-order valence-electron chi connectivity index (χ4n) is 1.65. The summed E-state index contributed by atoms with van der Waals surface area (Å²) < 4.78 is 5.74. The molecule has 0 atom stereocenters. The number of aromatic nitrogens is 1. The Morgan fingerprint density at radius 3 is 3.00 bits per heavy atom. The number of thiol groups is 1. The van der Waals surface area contributed by atoms with Crippen molar-refractivity contribution in [3.05, 3.63) is 45.9 Å². The van der Waals surface area contributed by atoms with E-state index >= 15 is 0 Å². The average molecular weight is 279 g/mol. The predicted molar refractivity (Wildman–Crippen MR) is 79.8 cm³/mol. The van der Waals surface area contributed by atoms with Crippen molar-refractivity contribution in [1.82, 2.24) is 4.98 Å². The minimum absolute atomic E-state index is 0.673. The lowest BCUT2D eigenvalue weighted by molar-refractivity contribution is 0.321. The molecule has 0 aliphatic heterocycles. The first-order chi connectivity index (χ1) is 8.81. The zero-order valence-electron chi connectivity index (χ0n) is 10.4. The third-order valence-electron chi connectivity index (χ3n) is 2.65. The molecule has 1 aromatic heterocycles. The van der Waals surface area contributed by atoms with Crippen LogP contribution in [-0.2, 0) is 18.6 Å². The molecule has 0 aliphatic carbocycles. The summed E-state index contributed by atoms with van der Waals surface area (Å²) in [6.07, 6.45) is 3.79. The molecule has 1 heterocycles. The minimum atomic E-state index is 0.673. The summed E-state index contributed by atoms with van der Waals surface area (Å²) >= 11 is 5.94. The molecule has 0 bridgehead atoms. The van der Waals surface area contributed by atoms with Crippen LogP contribution in [0.15, 0.2) is 30.5 Å². The van der Waals surface area contributed by atoms with Gasteiger partial charge in [-0.15, -0.1) is 11.3 Å². The number of benzene rings is 1. The quantitative estimate of drug-likeness (QED) is 0.813. The van der Waals surface area contributed by atoms with E-state index in [1.165, 1.54) is 10.4 Å². The van der Waals surface area contributed by atoms with E-state index in [0.29, 0.717) is 6.61 Å². The summed E-state index contributed by atoms with van der Waals surface area (Å²) in [5, 5.41) is 1.12. The highest BCUT2D eigenvalue weighted by Crippen LogP contribution is 2.17. The minimum Gasteiger partial charge on any atom is -0.493 e. The first kappa shape index (κ1) is 13.4. The van der Waals surface area contributed by atoms with Gasteiger partial charge < -0.3 is 4.74 Å². The standard InChI is InChI=1S/C14H17NOS2/c1-2-11-4-3-5-12(8-11)16-7-6-14-15-9-13(10-17)18-14/h3-5,8-9,17H,2,6-7,10H2,1H3. The Morgan fingerprint density at radius 1 is 1.39 bits per heavy atom. The smallest absolute Gasteiger partial charge is 0.119 e. The van der Waals surface area contributed by atoms with Crippen LogP contribution in [0, 0.1) is 0 Å². The summed E-state index contributed by atoms with van der Waals surface area (Å²) in [4.78, 5) is 5.55. The number of nitrogens with zero attached hydrogens (tertiary/aromatic N) is 1. The molecule has 0 saturated carbocycles. The third kappa shape index (κ3) is 3.75. The van der Waals surface area contributed by atoms with Gasteiger partial charge in [0.2, 0.25) is 0 Å². The molecule has 2 aromatic rings. The fraction of sp³-hybridized carbons (Fsp3) is 0.357. The Bertz CT molecular complexity index is 496. The average Bonchev–Trinajstić information content (AvgIpc) is 2.87. The van der Waals surface area contributed by atoms with Crippen molar-refractivity contribution in [3.63, 3.8) is 0 Å². The number of ether oxygens (including phenoxy) is 1. The van der Waals surface area contributed by atoms with Crippen molar-refractivity contribution in [3.8, 4) is 5.75 Å². The number of aryl methyl sites for hydroxylation is 1. The number of rotatable bonds is 6. The largest absolute Gasteiger partial charge is 0.493 e. The van der Waals surface area contributed by atoms with Crippen LogP contribution in [0.4, 0.5) is 0 Å². The molecule has 2 nitrogen and oxygen atoms in total. The number of thiazole rings is 1. The van der Waals surface area contributed by atoms with Crippen LogP contribution in [0.1, 0.15) is 22.4 Å². The molecule has 0 amide bonds. The second-order valence-corrected chi connectivity index (χ2v) is 5.49. The van der Waals surface area contributed by atoms with Gasteiger partial charge in [-0.3, -0.25) is 0 Å². The van der Waals surface area contributed by atoms with Crippen LogP contribution in [-0.4, -0.2) is 11.6 Å². The molecule has 0 radical (unpaired) electrons. The van der Waals surface area contributed by atoms with E-state index in [-0.39, 0.29) is 0 Å². The fourth-order valence-corrected chi connectivity index (χ4v) is 2.69. The van der Waals surface area contributed by atoms with E-state index in [1.807, 2.05) is 18.3 Å². The SMILES string of the molecule is CCc1cccc(OCCc2ncc(CS)s2)c1. The first-order valence-corrected chi connectivity index (χ1v) is 7.53. The zero-order chi connectivity index (χ0) is 12.8. The maximum absolute atomic E-state index is 5.74. The normalized spacial score (nSPS) is 10.6. The van der Waals surface area contributed by atoms with Gasteiger partial charge in [0.25, 0.3) is 0 Å². The molecule has 0 spiro atoms. The summed E-state index contributed by atoms with van der Waals surface area (Å²) in [5.41, 5.74) is 1.30. The summed E-state index contributed by atoms with van der Waals surface area (Å²) in [5.74, 6) is 1.71. The lowest BCUT2D eigenvalue weighted by Crippen LogP contribution is -2.01. The topological polar surface area (TPSA) is 22.1 Å². The van der Waals surface area contributed by atoms with E-state index in [1.54, 1.807) is 11.3 Å². The van der Waals surface area contributed by atoms with Crippen molar-refractivity contribution in [2.24, 2.45) is 0 Å². The van der Waals surface area contributed by atoms with Crippen LogP contribution < -0.4 is 4.74 Å². The van der Waals surface area contributed by atoms with Crippen molar-refractivity contribution in [2.45, 2.75) is 25.5 Å². The maximum Gasteiger partial charge on any atom is 0.119 e. The van der Waals surface area contributed by atoms with Crippen LogP contribution in [0.2, 0.25) is 0 Å². The van der Waals surface area contributed by atoms with Gasteiger partial charge in [-0.25, -0.2) is 4.98 Å². The molecule has 0 saturated heterocycles. The van der Waals surface area contributed by atoms with Crippen LogP contribution in [0.3, 0.4) is 0 Å². The summed E-state index contributed by atoms with van der Waals surface area (Å²) in [6, 6.07) is 8.25.